The number of anilines is 3. The van der Waals surface area contributed by atoms with Gasteiger partial charge in [-0.25, -0.2) is 14.4 Å². The summed E-state index contributed by atoms with van der Waals surface area (Å²) in [6.45, 7) is 6.49. The number of halogens is 1. The first-order valence-electron chi connectivity index (χ1n) is 9.36. The highest BCUT2D eigenvalue weighted by Gasteiger charge is 2.30. The number of nitrogens with zero attached hydrogens (tertiary/aromatic N) is 3. The molecule has 3 aliphatic heterocycles. The molecule has 0 aliphatic carbocycles. The van der Waals surface area contributed by atoms with Crippen LogP contribution in [0.1, 0.15) is 30.1 Å². The van der Waals surface area contributed by atoms with Gasteiger partial charge in [0.25, 0.3) is 0 Å². The first-order valence-corrected chi connectivity index (χ1v) is 9.36. The number of fused-ring (bicyclic) bond motifs is 2. The maximum Gasteiger partial charge on any atom is 0.179 e. The highest BCUT2D eigenvalue weighted by atomic mass is 19.1. The van der Waals surface area contributed by atoms with Gasteiger partial charge in [-0.15, -0.1) is 0 Å². The topological polar surface area (TPSA) is 71.5 Å². The Hall–Kier alpha value is -2.45. The van der Waals surface area contributed by atoms with Crippen molar-refractivity contribution in [3.63, 3.8) is 0 Å². The van der Waals surface area contributed by atoms with Crippen LogP contribution in [-0.2, 0) is 4.74 Å². The van der Waals surface area contributed by atoms with E-state index in [9.17, 15) is 4.39 Å². The van der Waals surface area contributed by atoms with Gasteiger partial charge in [0.05, 0.1) is 24.5 Å². The molecule has 1 aromatic carbocycles. The molecule has 2 saturated heterocycles. The third-order valence-corrected chi connectivity index (χ3v) is 5.45. The van der Waals surface area contributed by atoms with E-state index < -0.39 is 0 Å². The molecule has 1 atom stereocenters. The predicted octanol–water partition coefficient (Wildman–Crippen LogP) is 2.34. The van der Waals surface area contributed by atoms with Gasteiger partial charge >= 0.3 is 0 Å². The minimum absolute atomic E-state index is 0.240. The second kappa shape index (κ2) is 6.61. The molecular formula is C19H22FN5O2. The summed E-state index contributed by atoms with van der Waals surface area (Å²) in [4.78, 5) is 11.1. The van der Waals surface area contributed by atoms with Crippen molar-refractivity contribution in [3.05, 3.63) is 35.4 Å². The lowest BCUT2D eigenvalue weighted by atomic mass is 9.93. The number of nitrogens with one attached hydrogen (secondary N) is 2. The molecule has 0 amide bonds. The van der Waals surface area contributed by atoms with Crippen molar-refractivity contribution >= 4 is 17.3 Å². The minimum atomic E-state index is -0.376. The van der Waals surface area contributed by atoms with E-state index in [2.05, 4.69) is 25.5 Å². The molecule has 8 heteroatoms. The van der Waals surface area contributed by atoms with Crippen LogP contribution in [0.4, 0.5) is 21.7 Å². The number of rotatable bonds is 2. The van der Waals surface area contributed by atoms with E-state index in [-0.39, 0.29) is 17.7 Å². The number of ether oxygens (including phenoxy) is 2. The van der Waals surface area contributed by atoms with Crippen LogP contribution in [0, 0.1) is 5.82 Å². The molecule has 5 rings (SSSR count). The van der Waals surface area contributed by atoms with E-state index in [0.717, 1.165) is 43.1 Å². The van der Waals surface area contributed by atoms with Gasteiger partial charge in [0.15, 0.2) is 11.6 Å². The molecule has 2 fully saturated rings. The van der Waals surface area contributed by atoms with Crippen molar-refractivity contribution in [1.29, 1.82) is 0 Å². The molecule has 0 saturated carbocycles. The molecule has 4 heterocycles. The Morgan fingerprint density at radius 1 is 1.19 bits per heavy atom. The maximum absolute atomic E-state index is 14.8. The average molecular weight is 371 g/mol. The van der Waals surface area contributed by atoms with Crippen LogP contribution >= 0.6 is 0 Å². The van der Waals surface area contributed by atoms with Crippen LogP contribution in [-0.4, -0.2) is 49.4 Å². The Labute approximate surface area is 156 Å². The van der Waals surface area contributed by atoms with E-state index in [4.69, 9.17) is 9.47 Å². The van der Waals surface area contributed by atoms with E-state index in [0.29, 0.717) is 30.6 Å². The summed E-state index contributed by atoms with van der Waals surface area (Å²) in [6, 6.07) is 3.56. The molecule has 1 aromatic heterocycles. The van der Waals surface area contributed by atoms with Gasteiger partial charge in [-0.3, -0.25) is 0 Å². The fourth-order valence-corrected chi connectivity index (χ4v) is 3.84. The van der Waals surface area contributed by atoms with Gasteiger partial charge in [-0.1, -0.05) is 0 Å². The number of hydrogen-bond acceptors (Lipinski definition) is 7. The van der Waals surface area contributed by atoms with Crippen LogP contribution in [0.15, 0.2) is 18.5 Å². The van der Waals surface area contributed by atoms with Gasteiger partial charge in [0, 0.05) is 32.1 Å². The monoisotopic (exact) mass is 371 g/mol. The highest BCUT2D eigenvalue weighted by molar-refractivity contribution is 5.73. The highest BCUT2D eigenvalue weighted by Crippen LogP contribution is 2.43. The Kier molecular flexibility index (Phi) is 4.09. The summed E-state index contributed by atoms with van der Waals surface area (Å²) in [5.41, 5.74) is 2.44. The summed E-state index contributed by atoms with van der Waals surface area (Å²) >= 11 is 0. The lowest BCUT2D eigenvalue weighted by Crippen LogP contribution is -2.39. The maximum atomic E-state index is 14.8. The van der Waals surface area contributed by atoms with Gasteiger partial charge in [-0.2, -0.15) is 0 Å². The molecule has 0 bridgehead atoms. The molecule has 142 valence electrons. The fourth-order valence-electron chi connectivity index (χ4n) is 3.84. The summed E-state index contributed by atoms with van der Waals surface area (Å²) in [5.74, 6) is 1.72. The van der Waals surface area contributed by atoms with Crippen molar-refractivity contribution in [2.24, 2.45) is 0 Å². The lowest BCUT2D eigenvalue weighted by Gasteiger charge is -2.30. The van der Waals surface area contributed by atoms with Crippen molar-refractivity contribution in [1.82, 2.24) is 15.3 Å². The molecule has 2 N–H and O–H groups in total. The zero-order chi connectivity index (χ0) is 18.4. The second-order valence-corrected chi connectivity index (χ2v) is 7.18. The summed E-state index contributed by atoms with van der Waals surface area (Å²) in [7, 11) is 0. The lowest BCUT2D eigenvalue weighted by molar-refractivity contribution is 0.122. The molecular weight excluding hydrogens is 349 g/mol. The van der Waals surface area contributed by atoms with E-state index in [1.807, 2.05) is 13.0 Å². The van der Waals surface area contributed by atoms with Crippen LogP contribution < -0.4 is 20.3 Å². The molecule has 27 heavy (non-hydrogen) atoms. The molecule has 0 spiro atoms. The summed E-state index contributed by atoms with van der Waals surface area (Å²) < 4.78 is 26.3. The zero-order valence-electron chi connectivity index (χ0n) is 15.2. The van der Waals surface area contributed by atoms with Crippen LogP contribution in [0.2, 0.25) is 0 Å². The summed E-state index contributed by atoms with van der Waals surface area (Å²) in [5, 5.41) is 6.53. The Morgan fingerprint density at radius 2 is 2.00 bits per heavy atom. The third kappa shape index (κ3) is 2.89. The largest absolute Gasteiger partial charge is 0.480 e. The van der Waals surface area contributed by atoms with Crippen LogP contribution in [0.25, 0.3) is 0 Å². The van der Waals surface area contributed by atoms with Crippen LogP contribution in [0.5, 0.6) is 5.75 Å². The summed E-state index contributed by atoms with van der Waals surface area (Å²) in [6.07, 6.45) is 1.17. The molecule has 2 aromatic rings. The van der Waals surface area contributed by atoms with Crippen LogP contribution in [0.3, 0.4) is 0 Å². The van der Waals surface area contributed by atoms with Crippen molar-refractivity contribution in [2.45, 2.75) is 18.9 Å². The predicted molar refractivity (Wildman–Crippen MR) is 99.4 cm³/mol. The SMILES string of the molecule is CC1Oc2c(F)cc(C3CNC3)cc2Nc2ncnc(N3CCOCC3)c21. The van der Waals surface area contributed by atoms with E-state index in [1.165, 1.54) is 0 Å². The Bertz CT molecular complexity index is 867. The smallest absolute Gasteiger partial charge is 0.179 e. The third-order valence-electron chi connectivity index (χ3n) is 5.45. The number of hydrogen-bond donors (Lipinski definition) is 2. The molecule has 1 unspecified atom stereocenters. The average Bonchev–Trinajstić information content (AvgIpc) is 2.77. The van der Waals surface area contributed by atoms with Gasteiger partial charge in [-0.05, 0) is 24.6 Å². The van der Waals surface area contributed by atoms with Crippen molar-refractivity contribution < 1.29 is 13.9 Å². The molecule has 0 radical (unpaired) electrons. The Morgan fingerprint density at radius 3 is 2.74 bits per heavy atom. The molecule has 3 aliphatic rings. The van der Waals surface area contributed by atoms with Crippen molar-refractivity contribution in [3.8, 4) is 5.75 Å². The van der Waals surface area contributed by atoms with Gasteiger partial charge in [0.2, 0.25) is 0 Å². The number of morpholine rings is 1. The van der Waals surface area contributed by atoms with E-state index in [1.54, 1.807) is 12.4 Å². The standard InChI is InChI=1S/C19H22FN5O2/c1-11-16-18(22-10-23-19(16)25-2-4-26-5-3-25)24-15-7-12(13-8-21-9-13)6-14(20)17(15)27-11/h6-7,10-11,13,21H,2-5,8-9H2,1H3,(H,22,23,24). The minimum Gasteiger partial charge on any atom is -0.480 e. The molecule has 7 nitrogen and oxygen atoms in total. The van der Waals surface area contributed by atoms with E-state index >= 15 is 0 Å². The number of aromatic nitrogens is 2. The first-order chi connectivity index (χ1) is 13.2. The van der Waals surface area contributed by atoms with Gasteiger partial charge < -0.3 is 25.0 Å². The fraction of sp³-hybridized carbons (Fsp3) is 0.474. The van der Waals surface area contributed by atoms with Crippen molar-refractivity contribution in [2.75, 3.05) is 49.6 Å². The normalized spacial score (nSPS) is 22.0. The quantitative estimate of drug-likeness (QED) is 0.840. The Balaban J connectivity index is 1.56. The van der Waals surface area contributed by atoms with Gasteiger partial charge in [0.1, 0.15) is 24.1 Å². The second-order valence-electron chi connectivity index (χ2n) is 7.18. The zero-order valence-corrected chi connectivity index (χ0v) is 15.2. The first kappa shape index (κ1) is 16.7. The number of benzene rings is 1.